The first-order valence-electron chi connectivity index (χ1n) is 7.65. The zero-order chi connectivity index (χ0) is 13.7. The SMILES string of the molecule is CCNC(COC1CCCc2ccccc21)C(C)C. The van der Waals surface area contributed by atoms with Crippen molar-refractivity contribution >= 4 is 0 Å². The Morgan fingerprint density at radius 3 is 2.84 bits per heavy atom. The third kappa shape index (κ3) is 3.80. The molecule has 2 rings (SSSR count). The second kappa shape index (κ2) is 7.06. The fraction of sp³-hybridized carbons (Fsp3) is 0.647. The summed E-state index contributed by atoms with van der Waals surface area (Å²) in [6, 6.07) is 9.20. The predicted molar refractivity (Wildman–Crippen MR) is 80.4 cm³/mol. The van der Waals surface area contributed by atoms with Gasteiger partial charge in [-0.25, -0.2) is 0 Å². The summed E-state index contributed by atoms with van der Waals surface area (Å²) >= 11 is 0. The van der Waals surface area contributed by atoms with Gasteiger partial charge >= 0.3 is 0 Å². The van der Waals surface area contributed by atoms with Crippen LogP contribution in [-0.2, 0) is 11.2 Å². The molecule has 0 saturated heterocycles. The van der Waals surface area contributed by atoms with E-state index in [1.807, 2.05) is 0 Å². The smallest absolute Gasteiger partial charge is 0.0828 e. The number of ether oxygens (including phenoxy) is 1. The van der Waals surface area contributed by atoms with Gasteiger partial charge in [0.25, 0.3) is 0 Å². The van der Waals surface area contributed by atoms with E-state index in [1.54, 1.807) is 0 Å². The zero-order valence-corrected chi connectivity index (χ0v) is 12.5. The molecule has 0 fully saturated rings. The summed E-state index contributed by atoms with van der Waals surface area (Å²) in [7, 11) is 0. The van der Waals surface area contributed by atoms with Crippen LogP contribution in [0.1, 0.15) is 50.8 Å². The van der Waals surface area contributed by atoms with Crippen molar-refractivity contribution in [3.8, 4) is 0 Å². The van der Waals surface area contributed by atoms with E-state index in [-0.39, 0.29) is 0 Å². The van der Waals surface area contributed by atoms with Gasteiger partial charge in [-0.1, -0.05) is 45.0 Å². The topological polar surface area (TPSA) is 21.3 Å². The summed E-state index contributed by atoms with van der Waals surface area (Å²) in [5.41, 5.74) is 2.89. The Balaban J connectivity index is 1.97. The van der Waals surface area contributed by atoms with E-state index in [0.717, 1.165) is 19.6 Å². The molecule has 0 heterocycles. The van der Waals surface area contributed by atoms with Crippen LogP contribution < -0.4 is 5.32 Å². The van der Waals surface area contributed by atoms with Crippen LogP contribution in [0, 0.1) is 5.92 Å². The minimum atomic E-state index is 0.296. The van der Waals surface area contributed by atoms with Crippen molar-refractivity contribution in [1.29, 1.82) is 0 Å². The van der Waals surface area contributed by atoms with Gasteiger partial charge < -0.3 is 10.1 Å². The maximum absolute atomic E-state index is 6.22. The molecule has 2 heteroatoms. The quantitative estimate of drug-likeness (QED) is 0.843. The van der Waals surface area contributed by atoms with Gasteiger partial charge in [0.1, 0.15) is 0 Å². The van der Waals surface area contributed by atoms with Gasteiger partial charge in [-0.15, -0.1) is 0 Å². The lowest BCUT2D eigenvalue weighted by Gasteiger charge is -2.29. The number of rotatable bonds is 6. The van der Waals surface area contributed by atoms with Crippen LogP contribution in [0.3, 0.4) is 0 Å². The van der Waals surface area contributed by atoms with Crippen molar-refractivity contribution in [3.63, 3.8) is 0 Å². The summed E-state index contributed by atoms with van der Waals surface area (Å²) < 4.78 is 6.22. The van der Waals surface area contributed by atoms with Crippen molar-refractivity contribution in [3.05, 3.63) is 35.4 Å². The van der Waals surface area contributed by atoms with Gasteiger partial charge in [-0.05, 0) is 42.9 Å². The van der Waals surface area contributed by atoms with Crippen molar-refractivity contribution in [2.45, 2.75) is 52.2 Å². The highest BCUT2D eigenvalue weighted by atomic mass is 16.5. The van der Waals surface area contributed by atoms with Gasteiger partial charge in [0.2, 0.25) is 0 Å². The highest BCUT2D eigenvalue weighted by Gasteiger charge is 2.22. The predicted octanol–water partition coefficient (Wildman–Crippen LogP) is 3.71. The Morgan fingerprint density at radius 1 is 1.32 bits per heavy atom. The van der Waals surface area contributed by atoms with E-state index in [2.05, 4.69) is 50.4 Å². The highest BCUT2D eigenvalue weighted by molar-refractivity contribution is 5.31. The summed E-state index contributed by atoms with van der Waals surface area (Å²) in [6.45, 7) is 8.49. The third-order valence-electron chi connectivity index (χ3n) is 4.06. The van der Waals surface area contributed by atoms with Crippen molar-refractivity contribution in [2.75, 3.05) is 13.2 Å². The summed E-state index contributed by atoms with van der Waals surface area (Å²) in [4.78, 5) is 0. The molecule has 1 aliphatic rings. The normalized spacial score (nSPS) is 20.3. The van der Waals surface area contributed by atoms with E-state index >= 15 is 0 Å². The fourth-order valence-corrected chi connectivity index (χ4v) is 2.85. The molecule has 0 aliphatic heterocycles. The Bertz CT molecular complexity index is 389. The lowest BCUT2D eigenvalue weighted by molar-refractivity contribution is 0.0195. The van der Waals surface area contributed by atoms with Gasteiger partial charge in [0.15, 0.2) is 0 Å². The molecule has 0 spiro atoms. The van der Waals surface area contributed by atoms with Crippen LogP contribution in [-0.4, -0.2) is 19.2 Å². The Hall–Kier alpha value is -0.860. The minimum absolute atomic E-state index is 0.296. The van der Waals surface area contributed by atoms with Crippen LogP contribution in [0.15, 0.2) is 24.3 Å². The average molecular weight is 261 g/mol. The molecule has 0 radical (unpaired) electrons. The lowest BCUT2D eigenvalue weighted by atomic mass is 9.89. The molecule has 1 N–H and O–H groups in total. The maximum atomic E-state index is 6.22. The fourth-order valence-electron chi connectivity index (χ4n) is 2.85. The van der Waals surface area contributed by atoms with E-state index in [9.17, 15) is 0 Å². The second-order valence-corrected chi connectivity index (χ2v) is 5.82. The van der Waals surface area contributed by atoms with Crippen LogP contribution in [0.5, 0.6) is 0 Å². The number of hydrogen-bond donors (Lipinski definition) is 1. The molecule has 0 saturated carbocycles. The molecular formula is C17H27NO. The molecule has 1 aliphatic carbocycles. The number of benzene rings is 1. The number of aryl methyl sites for hydroxylation is 1. The first-order valence-corrected chi connectivity index (χ1v) is 7.65. The summed E-state index contributed by atoms with van der Waals surface area (Å²) in [6.07, 6.45) is 3.91. The Labute approximate surface area is 117 Å². The largest absolute Gasteiger partial charge is 0.372 e. The second-order valence-electron chi connectivity index (χ2n) is 5.82. The van der Waals surface area contributed by atoms with Crippen molar-refractivity contribution in [2.24, 2.45) is 5.92 Å². The van der Waals surface area contributed by atoms with Crippen LogP contribution in [0.25, 0.3) is 0 Å². The average Bonchev–Trinajstić information content (AvgIpc) is 2.43. The molecule has 106 valence electrons. The van der Waals surface area contributed by atoms with Crippen LogP contribution in [0.4, 0.5) is 0 Å². The van der Waals surface area contributed by atoms with Gasteiger partial charge in [0.05, 0.1) is 12.7 Å². The molecular weight excluding hydrogens is 234 g/mol. The first kappa shape index (κ1) is 14.5. The Morgan fingerprint density at radius 2 is 2.11 bits per heavy atom. The van der Waals surface area contributed by atoms with Gasteiger partial charge in [-0.3, -0.25) is 0 Å². The molecule has 2 nitrogen and oxygen atoms in total. The van der Waals surface area contributed by atoms with Gasteiger partial charge in [0, 0.05) is 6.04 Å². The van der Waals surface area contributed by atoms with E-state index in [0.29, 0.717) is 18.1 Å². The first-order chi connectivity index (χ1) is 9.22. The van der Waals surface area contributed by atoms with Crippen molar-refractivity contribution in [1.82, 2.24) is 5.32 Å². The van der Waals surface area contributed by atoms with E-state index < -0.39 is 0 Å². The number of fused-ring (bicyclic) bond motifs is 1. The molecule has 0 amide bonds. The lowest BCUT2D eigenvalue weighted by Crippen LogP contribution is -2.38. The molecule has 0 bridgehead atoms. The molecule has 2 unspecified atom stereocenters. The monoisotopic (exact) mass is 261 g/mol. The van der Waals surface area contributed by atoms with Crippen LogP contribution in [0.2, 0.25) is 0 Å². The van der Waals surface area contributed by atoms with Crippen molar-refractivity contribution < 1.29 is 4.74 Å². The molecule has 1 aromatic carbocycles. The highest BCUT2D eigenvalue weighted by Crippen LogP contribution is 2.32. The maximum Gasteiger partial charge on any atom is 0.0828 e. The third-order valence-corrected chi connectivity index (χ3v) is 4.06. The standard InChI is InChI=1S/C17H27NO/c1-4-18-16(13(2)3)12-19-17-11-7-9-14-8-5-6-10-15(14)17/h5-6,8,10,13,16-18H,4,7,9,11-12H2,1-3H3. The molecule has 0 aromatic heterocycles. The van der Waals surface area contributed by atoms with E-state index in [1.165, 1.54) is 24.0 Å². The Kier molecular flexibility index (Phi) is 5.41. The van der Waals surface area contributed by atoms with E-state index in [4.69, 9.17) is 4.74 Å². The number of hydrogen-bond acceptors (Lipinski definition) is 2. The van der Waals surface area contributed by atoms with Gasteiger partial charge in [-0.2, -0.15) is 0 Å². The van der Waals surface area contributed by atoms with Crippen LogP contribution >= 0.6 is 0 Å². The molecule has 2 atom stereocenters. The summed E-state index contributed by atoms with van der Waals surface area (Å²) in [5, 5.41) is 3.52. The number of nitrogens with one attached hydrogen (secondary N) is 1. The summed E-state index contributed by atoms with van der Waals surface area (Å²) in [5.74, 6) is 0.610. The molecule has 19 heavy (non-hydrogen) atoms. The minimum Gasteiger partial charge on any atom is -0.372 e. The zero-order valence-electron chi connectivity index (χ0n) is 12.5. The number of likely N-dealkylation sites (N-methyl/N-ethyl adjacent to an activating group) is 1. The molecule has 1 aromatic rings.